The van der Waals surface area contributed by atoms with Crippen molar-refractivity contribution in [2.45, 2.75) is 75.3 Å². The number of hydrogen-bond acceptors (Lipinski definition) is 9. The average molecular weight is 657 g/mol. The highest BCUT2D eigenvalue weighted by Crippen LogP contribution is 2.28. The van der Waals surface area contributed by atoms with Crippen LogP contribution in [0.3, 0.4) is 0 Å². The van der Waals surface area contributed by atoms with E-state index in [4.69, 9.17) is 14.9 Å². The van der Waals surface area contributed by atoms with Crippen molar-refractivity contribution in [2.24, 2.45) is 0 Å². The highest BCUT2D eigenvalue weighted by Gasteiger charge is 2.39. The monoisotopic (exact) mass is 656 g/mol. The molecule has 15 heteroatoms. The molecule has 14 nitrogen and oxygen atoms in total. The Kier molecular flexibility index (Phi) is 11.5. The molecule has 0 aliphatic carbocycles. The molecule has 3 N–H and O–H groups in total. The summed E-state index contributed by atoms with van der Waals surface area (Å²) in [6.45, 7) is 2.39. The van der Waals surface area contributed by atoms with Crippen LogP contribution >= 0.6 is 0 Å². The summed E-state index contributed by atoms with van der Waals surface area (Å²) in [5.41, 5.74) is 0.275. The summed E-state index contributed by atoms with van der Waals surface area (Å²) in [6, 6.07) is 9.58. The molecule has 0 saturated carbocycles. The van der Waals surface area contributed by atoms with Crippen molar-refractivity contribution >= 4 is 39.7 Å². The molecule has 2 amide bonds. The Morgan fingerprint density at radius 2 is 1.80 bits per heavy atom. The smallest absolute Gasteiger partial charge is 0.377 e. The molecular weight excluding hydrogens is 620 g/mol. The molecule has 2 atom stereocenters. The quantitative estimate of drug-likeness (QED) is 0.0924. The Bertz CT molecular complexity index is 1660. The average Bonchev–Trinajstić information content (AvgIpc) is 3.70. The van der Waals surface area contributed by atoms with Crippen LogP contribution in [0.1, 0.15) is 73.8 Å². The molecule has 0 spiro atoms. The zero-order chi connectivity index (χ0) is 33.3. The Balaban J connectivity index is 1.46. The molecule has 1 aliphatic heterocycles. The van der Waals surface area contributed by atoms with Gasteiger partial charge in [0.15, 0.2) is 11.6 Å². The number of hydrogen-bond donors (Lipinski definition) is 3. The molecule has 1 saturated heterocycles. The normalized spacial score (nSPS) is 15.3. The number of unbranched alkanes of at least 4 members (excludes halogenated alkanes) is 3. The second-order valence-corrected chi connectivity index (χ2v) is 12.3. The summed E-state index contributed by atoms with van der Waals surface area (Å²) in [4.78, 5) is 66.0. The second-order valence-electron chi connectivity index (χ2n) is 10.9. The van der Waals surface area contributed by atoms with E-state index in [1.165, 1.54) is 47.8 Å². The number of rotatable bonds is 15. The van der Waals surface area contributed by atoms with Crippen LogP contribution in [0, 0.1) is 0 Å². The molecule has 1 aromatic heterocycles. The van der Waals surface area contributed by atoms with E-state index in [1.807, 2.05) is 0 Å². The van der Waals surface area contributed by atoms with Gasteiger partial charge in [0.1, 0.15) is 17.0 Å². The van der Waals surface area contributed by atoms with Gasteiger partial charge in [0.25, 0.3) is 16.0 Å². The third-order valence-corrected chi connectivity index (χ3v) is 8.45. The van der Waals surface area contributed by atoms with Crippen LogP contribution < -0.4 is 10.2 Å². The molecule has 0 radical (unpaired) electrons. The van der Waals surface area contributed by atoms with Crippen LogP contribution in [0.25, 0.3) is 0 Å². The summed E-state index contributed by atoms with van der Waals surface area (Å²) in [7, 11) is -4.66. The van der Waals surface area contributed by atoms with Crippen LogP contribution in [-0.4, -0.2) is 68.9 Å². The summed E-state index contributed by atoms with van der Waals surface area (Å²) in [5, 5.41) is 11.4. The van der Waals surface area contributed by atoms with Crippen molar-refractivity contribution in [3.05, 3.63) is 72.2 Å². The first kappa shape index (κ1) is 34.1. The molecular formula is C31H36N4O10S. The number of imidazole rings is 1. The standard InChI is InChI=1S/C31H36N4O10S/c1-2-3-4-5-10-24(34-19-27(32-20-34)33-29(38)23-9-6-7-12-26(23)46(41,42)43)30(39)35-17-8-11-25(35)31(40)45-44-22-15-13-21(14-16-22)18-28(36)37/h6-7,9,12-16,19-20,24-25H,2-5,8,10-11,17-18H2,1H3,(H,33,38)(H,36,37)(H,41,42,43)/t24-,25+/m1/s1. The van der Waals surface area contributed by atoms with Gasteiger partial charge >= 0.3 is 11.9 Å². The highest BCUT2D eigenvalue weighted by molar-refractivity contribution is 7.86. The fourth-order valence-electron chi connectivity index (χ4n) is 5.25. The lowest BCUT2D eigenvalue weighted by atomic mass is 10.1. The third-order valence-electron chi connectivity index (χ3n) is 7.54. The molecule has 4 rings (SSSR count). The summed E-state index contributed by atoms with van der Waals surface area (Å²) in [5.74, 6) is -2.63. The summed E-state index contributed by atoms with van der Waals surface area (Å²) in [6.07, 6.45) is 7.62. The van der Waals surface area contributed by atoms with Crippen molar-refractivity contribution < 1.29 is 47.0 Å². The van der Waals surface area contributed by atoms with Crippen LogP contribution in [0.5, 0.6) is 5.75 Å². The first-order valence-electron chi connectivity index (χ1n) is 14.9. The molecule has 0 bridgehead atoms. The van der Waals surface area contributed by atoms with Gasteiger partial charge < -0.3 is 19.9 Å². The predicted octanol–water partition coefficient (Wildman–Crippen LogP) is 4.05. The number of carboxylic acids is 1. The fraction of sp³-hybridized carbons (Fsp3) is 0.387. The highest BCUT2D eigenvalue weighted by atomic mass is 32.2. The first-order valence-corrected chi connectivity index (χ1v) is 16.3. The Morgan fingerprint density at radius 3 is 2.50 bits per heavy atom. The van der Waals surface area contributed by atoms with Gasteiger partial charge in [0.05, 0.1) is 18.3 Å². The molecule has 2 heterocycles. The van der Waals surface area contributed by atoms with Crippen LogP contribution in [-0.2, 0) is 35.8 Å². The van der Waals surface area contributed by atoms with Crippen LogP contribution in [0.2, 0.25) is 0 Å². The number of carbonyl (C=O) groups excluding carboxylic acids is 3. The van der Waals surface area contributed by atoms with Crippen molar-refractivity contribution in [1.29, 1.82) is 0 Å². The lowest BCUT2D eigenvalue weighted by Crippen LogP contribution is -2.45. The number of nitrogens with zero attached hydrogens (tertiary/aromatic N) is 3. The van der Waals surface area contributed by atoms with Gasteiger partial charge in [0, 0.05) is 12.7 Å². The number of likely N-dealkylation sites (tertiary alicyclic amines) is 1. The lowest BCUT2D eigenvalue weighted by molar-refractivity contribution is -0.219. The van der Waals surface area contributed by atoms with Gasteiger partial charge in [0.2, 0.25) is 5.91 Å². The van der Waals surface area contributed by atoms with E-state index in [0.717, 1.165) is 31.7 Å². The van der Waals surface area contributed by atoms with E-state index in [-0.39, 0.29) is 29.5 Å². The molecule has 246 valence electrons. The first-order chi connectivity index (χ1) is 22.0. The number of carboxylic acid groups (broad SMARTS) is 1. The SMILES string of the molecule is CCCCCC[C@H](C(=O)N1CCC[C@H]1C(=O)OOc1ccc(CC(=O)O)cc1)n1cnc(NC(=O)c2ccccc2S(=O)(=O)O)c1. The largest absolute Gasteiger partial charge is 0.481 e. The van der Waals surface area contributed by atoms with E-state index in [2.05, 4.69) is 17.2 Å². The van der Waals surface area contributed by atoms with Gasteiger partial charge in [-0.1, -0.05) is 56.9 Å². The summed E-state index contributed by atoms with van der Waals surface area (Å²) >= 11 is 0. The molecule has 1 aliphatic rings. The number of aliphatic carboxylic acids is 1. The Morgan fingerprint density at radius 1 is 1.07 bits per heavy atom. The Labute approximate surface area is 266 Å². The molecule has 1 fully saturated rings. The molecule has 46 heavy (non-hydrogen) atoms. The number of carbonyl (C=O) groups is 4. The minimum atomic E-state index is -4.66. The van der Waals surface area contributed by atoms with Crippen molar-refractivity contribution in [1.82, 2.24) is 14.5 Å². The van der Waals surface area contributed by atoms with Crippen LogP contribution in [0.15, 0.2) is 66.0 Å². The minimum absolute atomic E-state index is 0.0571. The van der Waals surface area contributed by atoms with E-state index in [9.17, 15) is 32.1 Å². The predicted molar refractivity (Wildman–Crippen MR) is 163 cm³/mol. The second kappa shape index (κ2) is 15.5. The zero-order valence-corrected chi connectivity index (χ0v) is 26.0. The summed E-state index contributed by atoms with van der Waals surface area (Å²) < 4.78 is 34.5. The zero-order valence-electron chi connectivity index (χ0n) is 25.2. The Hall–Kier alpha value is -4.76. The van der Waals surface area contributed by atoms with Crippen molar-refractivity contribution in [3.8, 4) is 5.75 Å². The molecule has 0 unspecified atom stereocenters. The molecule has 2 aromatic carbocycles. The lowest BCUT2D eigenvalue weighted by Gasteiger charge is -2.28. The number of anilines is 1. The number of nitrogens with one attached hydrogen (secondary N) is 1. The number of aromatic nitrogens is 2. The van der Waals surface area contributed by atoms with Gasteiger partial charge in [-0.2, -0.15) is 8.42 Å². The maximum absolute atomic E-state index is 13.9. The van der Waals surface area contributed by atoms with Crippen molar-refractivity contribution in [2.75, 3.05) is 11.9 Å². The van der Waals surface area contributed by atoms with Gasteiger partial charge in [-0.25, -0.2) is 14.7 Å². The minimum Gasteiger partial charge on any atom is -0.481 e. The van der Waals surface area contributed by atoms with Gasteiger partial charge in [-0.05, 0) is 49.1 Å². The number of benzene rings is 2. The van der Waals surface area contributed by atoms with E-state index >= 15 is 0 Å². The van der Waals surface area contributed by atoms with Gasteiger partial charge in [-0.15, -0.1) is 0 Å². The van der Waals surface area contributed by atoms with Crippen molar-refractivity contribution in [3.63, 3.8) is 0 Å². The fourth-order valence-corrected chi connectivity index (χ4v) is 5.94. The topological polar surface area (TPSA) is 194 Å². The van der Waals surface area contributed by atoms with Gasteiger partial charge in [-0.3, -0.25) is 23.8 Å². The van der Waals surface area contributed by atoms with E-state index in [0.29, 0.717) is 31.4 Å². The van der Waals surface area contributed by atoms with E-state index < -0.39 is 44.9 Å². The third kappa shape index (κ3) is 8.91. The number of amides is 2. The maximum Gasteiger partial charge on any atom is 0.377 e. The van der Waals surface area contributed by atoms with Crippen LogP contribution in [0.4, 0.5) is 5.82 Å². The maximum atomic E-state index is 13.9. The molecule has 3 aromatic rings. The van der Waals surface area contributed by atoms with E-state index in [1.54, 1.807) is 16.7 Å².